The van der Waals surface area contributed by atoms with Gasteiger partial charge in [-0.15, -0.1) is 10.2 Å². The summed E-state index contributed by atoms with van der Waals surface area (Å²) in [5.74, 6) is 1.62. The van der Waals surface area contributed by atoms with Crippen LogP contribution in [0.15, 0.2) is 47.3 Å². The monoisotopic (exact) mass is 379 g/mol. The highest BCUT2D eigenvalue weighted by molar-refractivity contribution is 5.91. The van der Waals surface area contributed by atoms with Gasteiger partial charge in [0.15, 0.2) is 5.82 Å². The van der Waals surface area contributed by atoms with Gasteiger partial charge in [0.2, 0.25) is 0 Å². The van der Waals surface area contributed by atoms with Crippen molar-refractivity contribution in [2.75, 3.05) is 11.9 Å². The molecule has 3 aromatic rings. The summed E-state index contributed by atoms with van der Waals surface area (Å²) >= 11 is 0. The first-order valence-electron chi connectivity index (χ1n) is 9.70. The number of urea groups is 1. The van der Waals surface area contributed by atoms with Gasteiger partial charge in [0.25, 0.3) is 0 Å². The highest BCUT2D eigenvalue weighted by Gasteiger charge is 2.29. The number of furan rings is 1. The first-order valence-corrected chi connectivity index (χ1v) is 9.70. The van der Waals surface area contributed by atoms with Crippen molar-refractivity contribution in [2.45, 2.75) is 38.6 Å². The zero-order valence-electron chi connectivity index (χ0n) is 16.3. The van der Waals surface area contributed by atoms with Crippen LogP contribution in [0.3, 0.4) is 0 Å². The third kappa shape index (κ3) is 3.52. The minimum Gasteiger partial charge on any atom is -0.467 e. The number of carbonyl (C=O) groups excluding carboxylic acids is 1. The fourth-order valence-electron chi connectivity index (χ4n) is 3.86. The smallest absolute Gasteiger partial charge is 0.322 e. The molecular formula is C21H25N5O2. The van der Waals surface area contributed by atoms with Crippen molar-refractivity contribution in [2.24, 2.45) is 7.05 Å². The van der Waals surface area contributed by atoms with Gasteiger partial charge in [0, 0.05) is 24.8 Å². The Morgan fingerprint density at radius 1 is 1.21 bits per heavy atom. The van der Waals surface area contributed by atoms with Crippen LogP contribution in [0.1, 0.15) is 43.0 Å². The molecule has 7 heteroatoms. The molecule has 0 bridgehead atoms. The molecule has 2 aromatic heterocycles. The standard InChI is InChI=1S/C21H25N5O2/c1-15-16(20-24-22-14-25(20)2)8-6-9-17(15)23-21(27)26-12-5-3-4-10-18(26)19-11-7-13-28-19/h6-9,11,13-14,18H,3-5,10,12H2,1-2H3,(H,23,27)/t18-/m1/s1. The average Bonchev–Trinajstić information content (AvgIpc) is 3.30. The summed E-state index contributed by atoms with van der Waals surface area (Å²) in [6, 6.07) is 9.56. The van der Waals surface area contributed by atoms with Crippen molar-refractivity contribution in [3.05, 3.63) is 54.2 Å². The van der Waals surface area contributed by atoms with E-state index >= 15 is 0 Å². The first-order chi connectivity index (χ1) is 13.6. The molecule has 28 heavy (non-hydrogen) atoms. The second kappa shape index (κ2) is 7.88. The van der Waals surface area contributed by atoms with Crippen LogP contribution in [-0.4, -0.2) is 32.2 Å². The summed E-state index contributed by atoms with van der Waals surface area (Å²) < 4.78 is 7.50. The molecule has 7 nitrogen and oxygen atoms in total. The van der Waals surface area contributed by atoms with Crippen LogP contribution in [0.2, 0.25) is 0 Å². The predicted octanol–water partition coefficient (Wildman–Crippen LogP) is 4.53. The Morgan fingerprint density at radius 2 is 2.11 bits per heavy atom. The molecule has 1 fully saturated rings. The number of anilines is 1. The number of aromatic nitrogens is 3. The normalized spacial score (nSPS) is 17.4. The summed E-state index contributed by atoms with van der Waals surface area (Å²) in [5.41, 5.74) is 2.71. The van der Waals surface area contributed by atoms with Crippen molar-refractivity contribution < 1.29 is 9.21 Å². The molecule has 1 saturated heterocycles. The zero-order chi connectivity index (χ0) is 19.5. The molecule has 0 spiro atoms. The van der Waals surface area contributed by atoms with Gasteiger partial charge in [-0.25, -0.2) is 4.79 Å². The van der Waals surface area contributed by atoms with Gasteiger partial charge < -0.3 is 19.2 Å². The van der Waals surface area contributed by atoms with E-state index in [-0.39, 0.29) is 12.1 Å². The van der Waals surface area contributed by atoms with E-state index in [0.29, 0.717) is 0 Å². The first kappa shape index (κ1) is 18.3. The van der Waals surface area contributed by atoms with Crippen molar-refractivity contribution in [3.8, 4) is 11.4 Å². The maximum absolute atomic E-state index is 13.2. The van der Waals surface area contributed by atoms with E-state index in [1.165, 1.54) is 0 Å². The Bertz CT molecular complexity index is 948. The lowest BCUT2D eigenvalue weighted by Gasteiger charge is -2.29. The molecule has 146 valence electrons. The van der Waals surface area contributed by atoms with E-state index in [1.807, 2.05) is 53.8 Å². The second-order valence-corrected chi connectivity index (χ2v) is 7.25. The van der Waals surface area contributed by atoms with Gasteiger partial charge in [0.05, 0.1) is 12.3 Å². The van der Waals surface area contributed by atoms with E-state index in [0.717, 1.165) is 60.6 Å². The van der Waals surface area contributed by atoms with E-state index in [4.69, 9.17) is 4.42 Å². The van der Waals surface area contributed by atoms with Gasteiger partial charge in [-0.2, -0.15) is 0 Å². The van der Waals surface area contributed by atoms with Gasteiger partial charge in [-0.1, -0.05) is 25.0 Å². The highest BCUT2D eigenvalue weighted by Crippen LogP contribution is 2.32. The Kier molecular flexibility index (Phi) is 5.14. The number of hydrogen-bond acceptors (Lipinski definition) is 4. The molecular weight excluding hydrogens is 354 g/mol. The van der Waals surface area contributed by atoms with Crippen LogP contribution in [0.5, 0.6) is 0 Å². The molecule has 1 aliphatic rings. The quantitative estimate of drug-likeness (QED) is 0.725. The number of likely N-dealkylation sites (tertiary alicyclic amines) is 1. The molecule has 0 saturated carbocycles. The maximum Gasteiger partial charge on any atom is 0.322 e. The SMILES string of the molecule is Cc1c(NC(=O)N2CCCCC[C@@H]2c2ccco2)cccc1-c1nncn1C. The van der Waals surface area contributed by atoms with Crippen LogP contribution < -0.4 is 5.32 Å². The van der Waals surface area contributed by atoms with Gasteiger partial charge >= 0.3 is 6.03 Å². The number of amides is 2. The lowest BCUT2D eigenvalue weighted by molar-refractivity contribution is 0.179. The Hall–Kier alpha value is -3.09. The number of nitrogens with zero attached hydrogens (tertiary/aromatic N) is 4. The van der Waals surface area contributed by atoms with Crippen LogP contribution in [0.25, 0.3) is 11.4 Å². The van der Waals surface area contributed by atoms with Crippen LogP contribution in [0, 0.1) is 6.92 Å². The van der Waals surface area contributed by atoms with Crippen molar-refractivity contribution >= 4 is 11.7 Å². The Balaban J connectivity index is 1.60. The van der Waals surface area contributed by atoms with Crippen LogP contribution in [-0.2, 0) is 7.05 Å². The molecule has 3 heterocycles. The molecule has 0 aliphatic carbocycles. The van der Waals surface area contributed by atoms with Crippen LogP contribution >= 0.6 is 0 Å². The van der Waals surface area contributed by atoms with Gasteiger partial charge in [0.1, 0.15) is 12.1 Å². The van der Waals surface area contributed by atoms with E-state index < -0.39 is 0 Å². The predicted molar refractivity (Wildman–Crippen MR) is 107 cm³/mol. The van der Waals surface area contributed by atoms with Crippen molar-refractivity contribution in [1.82, 2.24) is 19.7 Å². The topological polar surface area (TPSA) is 76.2 Å². The lowest BCUT2D eigenvalue weighted by atomic mass is 10.1. The fourth-order valence-corrected chi connectivity index (χ4v) is 3.86. The lowest BCUT2D eigenvalue weighted by Crippen LogP contribution is -2.38. The number of rotatable bonds is 3. The minimum atomic E-state index is -0.0958. The molecule has 1 aliphatic heterocycles. The minimum absolute atomic E-state index is 0.0280. The average molecular weight is 379 g/mol. The number of aryl methyl sites for hydroxylation is 1. The zero-order valence-corrected chi connectivity index (χ0v) is 16.3. The fraction of sp³-hybridized carbons (Fsp3) is 0.381. The Morgan fingerprint density at radius 3 is 2.86 bits per heavy atom. The summed E-state index contributed by atoms with van der Waals surface area (Å²) in [6.45, 7) is 2.71. The summed E-state index contributed by atoms with van der Waals surface area (Å²) in [6.07, 6.45) is 7.48. The number of nitrogens with one attached hydrogen (secondary N) is 1. The van der Waals surface area contributed by atoms with Crippen LogP contribution in [0.4, 0.5) is 10.5 Å². The van der Waals surface area contributed by atoms with Gasteiger partial charge in [-0.3, -0.25) is 0 Å². The highest BCUT2D eigenvalue weighted by atomic mass is 16.3. The number of carbonyl (C=O) groups is 1. The Labute approximate surface area is 164 Å². The van der Waals surface area contributed by atoms with E-state index in [2.05, 4.69) is 15.5 Å². The van der Waals surface area contributed by atoms with E-state index in [1.54, 1.807) is 12.6 Å². The maximum atomic E-state index is 13.2. The molecule has 4 rings (SSSR count). The summed E-state index contributed by atoms with van der Waals surface area (Å²) in [4.78, 5) is 15.1. The number of benzene rings is 1. The molecule has 1 N–H and O–H groups in total. The number of hydrogen-bond donors (Lipinski definition) is 1. The largest absolute Gasteiger partial charge is 0.467 e. The molecule has 1 aromatic carbocycles. The summed E-state index contributed by atoms with van der Waals surface area (Å²) in [5, 5.41) is 11.3. The summed E-state index contributed by atoms with van der Waals surface area (Å²) in [7, 11) is 1.91. The molecule has 0 radical (unpaired) electrons. The second-order valence-electron chi connectivity index (χ2n) is 7.25. The third-order valence-electron chi connectivity index (χ3n) is 5.41. The molecule has 0 unspecified atom stereocenters. The molecule has 1 atom stereocenters. The van der Waals surface area contributed by atoms with Gasteiger partial charge in [-0.05, 0) is 43.5 Å². The van der Waals surface area contributed by atoms with Crippen molar-refractivity contribution in [3.63, 3.8) is 0 Å². The van der Waals surface area contributed by atoms with E-state index in [9.17, 15) is 4.79 Å². The van der Waals surface area contributed by atoms with Crippen molar-refractivity contribution in [1.29, 1.82) is 0 Å². The third-order valence-corrected chi connectivity index (χ3v) is 5.41. The molecule has 2 amide bonds.